The fourth-order valence-corrected chi connectivity index (χ4v) is 10.3. The van der Waals surface area contributed by atoms with E-state index in [1.54, 1.807) is 22.8 Å². The summed E-state index contributed by atoms with van der Waals surface area (Å²) in [6.07, 6.45) is 3.35. The number of nitrogens with zero attached hydrogens (tertiary/aromatic N) is 6. The van der Waals surface area contributed by atoms with E-state index >= 15 is 0 Å². The summed E-state index contributed by atoms with van der Waals surface area (Å²) >= 11 is 3.38. The zero-order chi connectivity index (χ0) is 51.2. The molecule has 6 aromatic rings. The number of ketones is 3. The van der Waals surface area contributed by atoms with Crippen LogP contribution in [0.4, 0.5) is 8.78 Å². The van der Waals surface area contributed by atoms with Crippen LogP contribution in [0.5, 0.6) is 0 Å². The standard InChI is InChI=1S/C18H18FN3O2.C18H20FN3O2.C17H18BrN3O2/c1-2-16(24)22-10-13-14(20-21-17(13)18(22)7-8-18)9-15(23)11-3-5-12(19)6-4-11;1-4-16(24)22-10-13-14(20-21-17(13)18(22,2)3)9-15(23)11-5-7-12(19)8-6-11;1-10(22)21-9-13-14(19-20-16(13)17(21,2)3)8-15(23)11-5-4-6-12(18)7-11/h3-6H,2,7-10H2,1H3,(H,20,21);5-8H,4,9-10H2,1-3H3,(H,20,21);4-7H,8-9H2,1-3H3,(H,19,20). The van der Waals surface area contributed by atoms with E-state index in [1.807, 2.05) is 64.6 Å². The van der Waals surface area contributed by atoms with Gasteiger partial charge < -0.3 is 14.7 Å². The van der Waals surface area contributed by atoms with Crippen molar-refractivity contribution in [3.8, 4) is 0 Å². The molecule has 3 amide bonds. The van der Waals surface area contributed by atoms with Gasteiger partial charge in [0.2, 0.25) is 17.7 Å². The Kier molecular flexibility index (Phi) is 14.0. The van der Waals surface area contributed by atoms with E-state index in [1.165, 1.54) is 48.5 Å². The smallest absolute Gasteiger partial charge is 0.223 e. The highest BCUT2D eigenvalue weighted by atomic mass is 79.9. The molecule has 0 saturated heterocycles. The number of carbonyl (C=O) groups excluding carboxylic acids is 6. The molecule has 3 aromatic heterocycles. The molecule has 370 valence electrons. The van der Waals surface area contributed by atoms with Crippen molar-refractivity contribution in [1.82, 2.24) is 45.3 Å². The number of amides is 3. The van der Waals surface area contributed by atoms with Crippen molar-refractivity contribution in [3.63, 3.8) is 0 Å². The Balaban J connectivity index is 0.000000143. The number of nitrogens with one attached hydrogen (secondary N) is 3. The third-order valence-corrected chi connectivity index (χ3v) is 14.6. The maximum Gasteiger partial charge on any atom is 0.223 e. The number of halogens is 3. The summed E-state index contributed by atoms with van der Waals surface area (Å²) in [6, 6.07) is 18.4. The van der Waals surface area contributed by atoms with E-state index in [0.717, 1.165) is 68.2 Å². The Morgan fingerprint density at radius 2 is 0.958 bits per heavy atom. The summed E-state index contributed by atoms with van der Waals surface area (Å²) in [5.41, 5.74) is 8.12. The van der Waals surface area contributed by atoms with E-state index in [9.17, 15) is 37.5 Å². The molecule has 71 heavy (non-hydrogen) atoms. The van der Waals surface area contributed by atoms with Crippen molar-refractivity contribution in [1.29, 1.82) is 0 Å². The lowest BCUT2D eigenvalue weighted by Gasteiger charge is -2.31. The molecule has 6 heterocycles. The molecule has 3 aromatic carbocycles. The van der Waals surface area contributed by atoms with Crippen LogP contribution in [0.15, 0.2) is 77.3 Å². The minimum Gasteiger partial charge on any atom is -0.328 e. The first kappa shape index (κ1) is 50.4. The number of H-pyrrole nitrogens is 3. The second kappa shape index (κ2) is 19.7. The average Bonchev–Trinajstić information content (AvgIpc) is 3.77. The monoisotopic (exact) mass is 1030 g/mol. The molecule has 15 nitrogen and oxygen atoms in total. The molecule has 1 saturated carbocycles. The van der Waals surface area contributed by atoms with Gasteiger partial charge in [-0.3, -0.25) is 44.1 Å². The van der Waals surface area contributed by atoms with Crippen LogP contribution in [0.3, 0.4) is 0 Å². The van der Waals surface area contributed by atoms with Gasteiger partial charge in [-0.1, -0.05) is 41.9 Å². The fraction of sp³-hybridized carbons (Fsp3) is 0.377. The van der Waals surface area contributed by atoms with Gasteiger partial charge in [0.1, 0.15) is 11.6 Å². The van der Waals surface area contributed by atoms with Gasteiger partial charge >= 0.3 is 0 Å². The van der Waals surface area contributed by atoms with Gasteiger partial charge in [-0.25, -0.2) is 8.78 Å². The summed E-state index contributed by atoms with van der Waals surface area (Å²) in [7, 11) is 0. The van der Waals surface area contributed by atoms with Gasteiger partial charge in [-0.2, -0.15) is 15.3 Å². The average molecular weight is 1030 g/mol. The summed E-state index contributed by atoms with van der Waals surface area (Å²) in [4.78, 5) is 79.0. The molecule has 1 aliphatic carbocycles. The lowest BCUT2D eigenvalue weighted by Crippen LogP contribution is -2.40. The van der Waals surface area contributed by atoms with Crippen LogP contribution in [-0.4, -0.2) is 80.4 Å². The zero-order valence-corrected chi connectivity index (χ0v) is 42.4. The number of aromatic amines is 3. The number of hydrogen-bond donors (Lipinski definition) is 3. The number of hydrogen-bond acceptors (Lipinski definition) is 9. The zero-order valence-electron chi connectivity index (χ0n) is 40.8. The molecule has 0 radical (unpaired) electrons. The van der Waals surface area contributed by atoms with Gasteiger partial charge in [0.05, 0.1) is 72.6 Å². The molecule has 3 aliphatic heterocycles. The lowest BCUT2D eigenvalue weighted by molar-refractivity contribution is -0.136. The largest absolute Gasteiger partial charge is 0.328 e. The minimum absolute atomic E-state index is 0.0114. The Bertz CT molecular complexity index is 2930. The van der Waals surface area contributed by atoms with Crippen molar-refractivity contribution < 1.29 is 37.5 Å². The van der Waals surface area contributed by atoms with E-state index in [-0.39, 0.29) is 71.5 Å². The van der Waals surface area contributed by atoms with Gasteiger partial charge in [0, 0.05) is 74.7 Å². The van der Waals surface area contributed by atoms with Gasteiger partial charge in [-0.05, 0) is 101 Å². The highest BCUT2D eigenvalue weighted by Gasteiger charge is 2.58. The SMILES string of the molecule is CC(=O)N1Cc2c(n[nH]c2CC(=O)c2cccc(Br)c2)C1(C)C.CCC(=O)N1Cc2c(n[nH]c2CC(=O)c2ccc(F)cc2)C1(C)C.CCC(=O)N1Cc2c(n[nH]c2CC(=O)c2ccc(F)cc2)C12CC2. The van der Waals surface area contributed by atoms with E-state index in [2.05, 4.69) is 46.5 Å². The molecule has 10 rings (SSSR count). The number of fused-ring (bicyclic) bond motifs is 4. The molecule has 1 spiro atoms. The predicted octanol–water partition coefficient (Wildman–Crippen LogP) is 8.87. The molecule has 0 unspecified atom stereocenters. The normalized spacial score (nSPS) is 16.1. The molecule has 0 atom stereocenters. The van der Waals surface area contributed by atoms with Crippen LogP contribution < -0.4 is 0 Å². The van der Waals surface area contributed by atoms with Crippen molar-refractivity contribution >= 4 is 51.0 Å². The van der Waals surface area contributed by atoms with Crippen LogP contribution in [-0.2, 0) is 69.9 Å². The Morgan fingerprint density at radius 1 is 0.563 bits per heavy atom. The lowest BCUT2D eigenvalue weighted by atomic mass is 9.98. The first-order valence-electron chi connectivity index (χ1n) is 23.6. The van der Waals surface area contributed by atoms with Crippen molar-refractivity contribution in [2.24, 2.45) is 0 Å². The van der Waals surface area contributed by atoms with E-state index in [4.69, 9.17) is 0 Å². The Hall–Kier alpha value is -6.95. The van der Waals surface area contributed by atoms with Crippen molar-refractivity contribution in [3.05, 3.63) is 156 Å². The van der Waals surface area contributed by atoms with Gasteiger partial charge in [0.25, 0.3) is 0 Å². The Labute approximate surface area is 418 Å². The second-order valence-corrected chi connectivity index (χ2v) is 20.2. The molecule has 0 bridgehead atoms. The maximum absolute atomic E-state index is 13.0. The summed E-state index contributed by atoms with van der Waals surface area (Å²) < 4.78 is 26.8. The van der Waals surface area contributed by atoms with Crippen molar-refractivity contribution in [2.45, 2.75) is 130 Å². The minimum atomic E-state index is -0.490. The number of benzene rings is 3. The summed E-state index contributed by atoms with van der Waals surface area (Å²) in [6.45, 7) is 14.6. The molecule has 1 fully saturated rings. The third kappa shape index (κ3) is 9.77. The summed E-state index contributed by atoms with van der Waals surface area (Å²) in [5, 5.41) is 22.0. The first-order valence-corrected chi connectivity index (χ1v) is 24.4. The van der Waals surface area contributed by atoms with E-state index < -0.39 is 11.1 Å². The number of carbonyl (C=O) groups is 6. The van der Waals surface area contributed by atoms with Crippen LogP contribution in [0.25, 0.3) is 0 Å². The number of rotatable bonds is 11. The van der Waals surface area contributed by atoms with E-state index in [0.29, 0.717) is 49.2 Å². The van der Waals surface area contributed by atoms with Crippen LogP contribution >= 0.6 is 15.9 Å². The second-order valence-electron chi connectivity index (χ2n) is 19.3. The van der Waals surface area contributed by atoms with Gasteiger partial charge in [-0.15, -0.1) is 0 Å². The number of Topliss-reactive ketones (excluding diaryl/α,β-unsaturated/α-hetero) is 3. The Morgan fingerprint density at radius 3 is 1.39 bits per heavy atom. The molecule has 4 aliphatic rings. The van der Waals surface area contributed by atoms with Crippen LogP contribution in [0, 0.1) is 11.6 Å². The number of aromatic nitrogens is 6. The summed E-state index contributed by atoms with van der Waals surface area (Å²) in [5.74, 6) is -0.710. The van der Waals surface area contributed by atoms with Crippen LogP contribution in [0.1, 0.15) is 156 Å². The quantitative estimate of drug-likeness (QED) is 0.106. The van der Waals surface area contributed by atoms with Crippen LogP contribution in [0.2, 0.25) is 0 Å². The fourth-order valence-electron chi connectivity index (χ4n) is 9.91. The van der Waals surface area contributed by atoms with Crippen molar-refractivity contribution in [2.75, 3.05) is 0 Å². The predicted molar refractivity (Wildman–Crippen MR) is 262 cm³/mol. The molecule has 18 heteroatoms. The maximum atomic E-state index is 13.0. The topological polar surface area (TPSA) is 198 Å². The van der Waals surface area contributed by atoms with Gasteiger partial charge in [0.15, 0.2) is 17.3 Å². The molecular weight excluding hydrogens is 977 g/mol. The third-order valence-electron chi connectivity index (χ3n) is 14.1. The highest BCUT2D eigenvalue weighted by molar-refractivity contribution is 9.10. The molecule has 3 N–H and O–H groups in total. The highest BCUT2D eigenvalue weighted by Crippen LogP contribution is 2.56. The first-order chi connectivity index (χ1) is 33.7. The molecular formula is C53H56BrF2N9O6.